The Hall–Kier alpha value is -1.13. The average Bonchev–Trinajstić information content (AvgIpc) is 3.19. The summed E-state index contributed by atoms with van der Waals surface area (Å²) in [7, 11) is -0.634. The minimum atomic E-state index is -1.80. The van der Waals surface area contributed by atoms with E-state index in [2.05, 4.69) is 115 Å². The van der Waals surface area contributed by atoms with Gasteiger partial charge in [0.25, 0.3) is 0 Å². The monoisotopic (exact) mass is 679 g/mol. The van der Waals surface area contributed by atoms with Crippen molar-refractivity contribution in [2.45, 2.75) is 135 Å². The quantitative estimate of drug-likeness (QED) is 0.182. The van der Waals surface area contributed by atoms with E-state index in [1.807, 2.05) is 0 Å². The fourth-order valence-electron chi connectivity index (χ4n) is 11.2. The highest BCUT2D eigenvalue weighted by Crippen LogP contribution is 2.74. The summed E-state index contributed by atoms with van der Waals surface area (Å²) in [6.45, 7) is 24.8. The van der Waals surface area contributed by atoms with Gasteiger partial charge in [0.15, 0.2) is 16.6 Å². The van der Waals surface area contributed by atoms with E-state index in [1.165, 1.54) is 44.2 Å². The number of hydrogen-bond acceptors (Lipinski definition) is 4. The van der Waals surface area contributed by atoms with Crippen LogP contribution >= 0.6 is 0 Å². The van der Waals surface area contributed by atoms with E-state index in [9.17, 15) is 0 Å². The van der Waals surface area contributed by atoms with Crippen LogP contribution in [0.3, 0.4) is 0 Å². The first-order valence-corrected chi connectivity index (χ1v) is 28.7. The van der Waals surface area contributed by atoms with Gasteiger partial charge in [-0.15, -0.1) is 0 Å². The number of hydrogen-bond donors (Lipinski definition) is 0. The molecule has 0 aromatic heterocycles. The van der Waals surface area contributed by atoms with E-state index in [-0.39, 0.29) is 16.4 Å². The summed E-state index contributed by atoms with van der Waals surface area (Å²) in [5, 5.41) is 0. The topological polar surface area (TPSA) is 30.9 Å². The summed E-state index contributed by atoms with van der Waals surface area (Å²) in [5.41, 5.74) is 6.62. The Morgan fingerprint density at radius 1 is 0.935 bits per heavy atom. The highest BCUT2D eigenvalue weighted by molar-refractivity contribution is 6.70. The van der Waals surface area contributed by atoms with Gasteiger partial charge >= 0.3 is 0 Å². The summed E-state index contributed by atoms with van der Waals surface area (Å²) < 4.78 is 20.6. The van der Waals surface area contributed by atoms with Gasteiger partial charge in [-0.05, 0) is 181 Å². The van der Waals surface area contributed by atoms with Crippen molar-refractivity contribution >= 4 is 30.6 Å². The number of rotatable bonds is 10. The van der Waals surface area contributed by atoms with Crippen LogP contribution in [0.1, 0.15) is 75.3 Å². The molecule has 5 aliphatic rings. The van der Waals surface area contributed by atoms with E-state index in [0.29, 0.717) is 11.8 Å². The third kappa shape index (κ3) is 6.23. The zero-order valence-electron chi connectivity index (χ0n) is 31.4. The van der Waals surface area contributed by atoms with Crippen LogP contribution in [-0.4, -0.2) is 51.3 Å². The first-order valence-electron chi connectivity index (χ1n) is 18.5. The predicted octanol–water partition coefficient (Wildman–Crippen LogP) is 10.5. The molecule has 1 aromatic rings. The Morgan fingerprint density at radius 3 is 2.33 bits per heavy atom. The lowest BCUT2D eigenvalue weighted by Crippen LogP contribution is -2.61. The average molecular weight is 680 g/mol. The summed E-state index contributed by atoms with van der Waals surface area (Å²) in [5.74, 6) is 3.91. The maximum Gasteiger partial charge on any atom is 0.242 e. The van der Waals surface area contributed by atoms with Gasteiger partial charge in [0.05, 0.1) is 11.4 Å². The lowest BCUT2D eigenvalue weighted by atomic mass is 9.40. The van der Waals surface area contributed by atoms with Crippen LogP contribution in [0.15, 0.2) is 41.7 Å². The molecule has 0 unspecified atom stereocenters. The van der Waals surface area contributed by atoms with Crippen molar-refractivity contribution in [2.24, 2.45) is 28.6 Å². The van der Waals surface area contributed by atoms with Crippen molar-refractivity contribution in [1.29, 1.82) is 0 Å². The fraction of sp³-hybridized carbons (Fsp3) is 0.744. The third-order valence-corrected chi connectivity index (χ3v) is 15.4. The SMILES string of the molecule is CN(C)c1ccc2c(c1)C[C@]13CC=C(O[Si](C)(C)C)C=C1CC[C@@H]1[C@@H]3[C@@H]2C[C@@]2(C)[C@@H]1CC[C@@]2(CCCO[Si](C)(C)C)O[Si](C)(C)C. The van der Waals surface area contributed by atoms with Crippen LogP contribution in [0.2, 0.25) is 58.9 Å². The summed E-state index contributed by atoms with van der Waals surface area (Å²) in [4.78, 5) is 2.29. The largest absolute Gasteiger partial charge is 0.545 e. The minimum absolute atomic E-state index is 0.0504. The smallest absolute Gasteiger partial charge is 0.242 e. The Balaban J connectivity index is 1.43. The van der Waals surface area contributed by atoms with E-state index in [4.69, 9.17) is 13.3 Å². The molecule has 7 atom stereocenters. The maximum atomic E-state index is 7.57. The van der Waals surface area contributed by atoms with Gasteiger partial charge in [0.1, 0.15) is 0 Å². The second-order valence-electron chi connectivity index (χ2n) is 19.2. The first kappa shape index (κ1) is 34.7. The normalized spacial score (nSPS) is 35.3. The van der Waals surface area contributed by atoms with Gasteiger partial charge in [-0.25, -0.2) is 0 Å². The van der Waals surface area contributed by atoms with Crippen molar-refractivity contribution in [3.05, 3.63) is 52.8 Å². The molecule has 3 fully saturated rings. The summed E-state index contributed by atoms with van der Waals surface area (Å²) >= 11 is 0. The van der Waals surface area contributed by atoms with Crippen LogP contribution in [0.25, 0.3) is 0 Å². The first-order chi connectivity index (χ1) is 21.3. The molecule has 6 rings (SSSR count). The van der Waals surface area contributed by atoms with Crippen LogP contribution in [0, 0.1) is 28.6 Å². The molecule has 0 bridgehead atoms. The van der Waals surface area contributed by atoms with Crippen molar-refractivity contribution < 1.29 is 13.3 Å². The lowest BCUT2D eigenvalue weighted by molar-refractivity contribution is -0.134. The van der Waals surface area contributed by atoms with Crippen LogP contribution in [-0.2, 0) is 19.7 Å². The second kappa shape index (κ2) is 11.7. The molecule has 1 aromatic carbocycles. The summed E-state index contributed by atoms with van der Waals surface area (Å²) in [6, 6.07) is 7.48. The molecule has 0 N–H and O–H groups in total. The molecule has 0 aliphatic heterocycles. The van der Waals surface area contributed by atoms with Crippen molar-refractivity contribution in [1.82, 2.24) is 0 Å². The number of fused-ring (bicyclic) bond motifs is 4. The molecule has 0 radical (unpaired) electrons. The molecule has 3 saturated carbocycles. The molecule has 7 heteroatoms. The lowest BCUT2D eigenvalue weighted by Gasteiger charge is -2.65. The molecule has 1 spiro atoms. The van der Waals surface area contributed by atoms with E-state index in [0.717, 1.165) is 43.5 Å². The van der Waals surface area contributed by atoms with Gasteiger partial charge in [-0.1, -0.05) is 18.6 Å². The number of anilines is 1. The highest BCUT2D eigenvalue weighted by Gasteiger charge is 2.69. The van der Waals surface area contributed by atoms with Gasteiger partial charge in [0, 0.05) is 31.8 Å². The molecular formula is C39H65NO3Si3. The van der Waals surface area contributed by atoms with E-state index in [1.54, 1.807) is 16.7 Å². The molecule has 0 heterocycles. The maximum absolute atomic E-state index is 7.57. The highest BCUT2D eigenvalue weighted by atomic mass is 28.4. The minimum Gasteiger partial charge on any atom is -0.545 e. The third-order valence-electron chi connectivity index (χ3n) is 12.5. The standard InChI is InChI=1S/C39H65NO3Si3/c1-37-27-34-32-17-15-30(40(2)3)24-28(32)26-38-21-18-31(42-45(7,8)9)25-29(38)14-16-33(36(34)38)35(37)19-22-39(37,43-46(10,11)12)20-13-23-41-44(4,5)6/h15,17-18,24-25,33-36H,13-14,16,19-23,26-27H2,1-12H3/t33-,34+,35+,36+,37-,38+,39+/m0/s1. The van der Waals surface area contributed by atoms with Crippen molar-refractivity contribution in [3.63, 3.8) is 0 Å². The van der Waals surface area contributed by atoms with E-state index >= 15 is 0 Å². The Morgan fingerprint density at radius 2 is 1.67 bits per heavy atom. The predicted molar refractivity (Wildman–Crippen MR) is 202 cm³/mol. The van der Waals surface area contributed by atoms with Gasteiger partial charge in [-0.3, -0.25) is 0 Å². The number of allylic oxidation sites excluding steroid dienone is 3. The van der Waals surface area contributed by atoms with Crippen LogP contribution in [0.4, 0.5) is 5.69 Å². The Bertz CT molecular complexity index is 1380. The molecular weight excluding hydrogens is 615 g/mol. The summed E-state index contributed by atoms with van der Waals surface area (Å²) in [6.07, 6.45) is 15.9. The number of benzene rings is 1. The van der Waals surface area contributed by atoms with Crippen molar-refractivity contribution in [3.8, 4) is 0 Å². The van der Waals surface area contributed by atoms with Gasteiger partial charge in [0.2, 0.25) is 8.32 Å². The molecule has 256 valence electrons. The van der Waals surface area contributed by atoms with Gasteiger partial charge in [-0.2, -0.15) is 0 Å². The zero-order chi connectivity index (χ0) is 33.5. The fourth-order valence-corrected chi connectivity index (χ4v) is 14.4. The molecule has 0 amide bonds. The number of nitrogens with zero attached hydrogens (tertiary/aromatic N) is 1. The molecule has 0 saturated heterocycles. The van der Waals surface area contributed by atoms with Crippen LogP contribution in [0.5, 0.6) is 0 Å². The Labute approximate surface area is 285 Å². The van der Waals surface area contributed by atoms with Crippen molar-refractivity contribution in [2.75, 3.05) is 25.6 Å². The van der Waals surface area contributed by atoms with Crippen LogP contribution < -0.4 is 4.90 Å². The molecule has 4 nitrogen and oxygen atoms in total. The Kier molecular flexibility index (Phi) is 8.86. The zero-order valence-corrected chi connectivity index (χ0v) is 34.4. The second-order valence-corrected chi connectivity index (χ2v) is 32.6. The van der Waals surface area contributed by atoms with Gasteiger partial charge < -0.3 is 18.2 Å². The molecule has 5 aliphatic carbocycles. The van der Waals surface area contributed by atoms with E-state index < -0.39 is 25.0 Å². The molecule has 46 heavy (non-hydrogen) atoms.